The van der Waals surface area contributed by atoms with Crippen LogP contribution in [0.3, 0.4) is 0 Å². The summed E-state index contributed by atoms with van der Waals surface area (Å²) in [6.07, 6.45) is 0.999. The number of aromatic nitrogens is 1. The normalized spacial score (nSPS) is 11.1. The molecule has 1 aromatic rings. The lowest BCUT2D eigenvalue weighted by molar-refractivity contribution is 0.0530. The standard InChI is InChI=1S/C13H21FN4O2/c1-13(2,3)20-12(19)17-5-4-16-11-10(14)6-9(7-15)8-18-11/h6,8H,4-5,7,15H2,1-3H3,(H,16,18)(H,17,19). The number of hydrogen-bond donors (Lipinski definition) is 3. The van der Waals surface area contributed by atoms with Crippen molar-refractivity contribution < 1.29 is 13.9 Å². The molecule has 1 aromatic heterocycles. The molecule has 4 N–H and O–H groups in total. The highest BCUT2D eigenvalue weighted by Gasteiger charge is 2.15. The Morgan fingerprint density at radius 2 is 2.15 bits per heavy atom. The van der Waals surface area contributed by atoms with Crippen LogP contribution in [0.1, 0.15) is 26.3 Å². The first-order chi connectivity index (χ1) is 9.31. The molecule has 0 saturated carbocycles. The van der Waals surface area contributed by atoms with Crippen molar-refractivity contribution >= 4 is 11.9 Å². The fourth-order valence-corrected chi connectivity index (χ4v) is 1.38. The first-order valence-corrected chi connectivity index (χ1v) is 6.37. The second-order valence-corrected chi connectivity index (χ2v) is 5.23. The molecule has 7 heteroatoms. The van der Waals surface area contributed by atoms with Crippen molar-refractivity contribution in [2.24, 2.45) is 5.73 Å². The number of amides is 1. The maximum Gasteiger partial charge on any atom is 0.407 e. The summed E-state index contributed by atoms with van der Waals surface area (Å²) in [6.45, 7) is 6.22. The van der Waals surface area contributed by atoms with Crippen LogP contribution < -0.4 is 16.4 Å². The first-order valence-electron chi connectivity index (χ1n) is 6.37. The Hall–Kier alpha value is -1.89. The molecule has 20 heavy (non-hydrogen) atoms. The van der Waals surface area contributed by atoms with Crippen molar-refractivity contribution in [2.75, 3.05) is 18.4 Å². The fraction of sp³-hybridized carbons (Fsp3) is 0.538. The molecule has 0 unspecified atom stereocenters. The Labute approximate surface area is 117 Å². The lowest BCUT2D eigenvalue weighted by Gasteiger charge is -2.19. The van der Waals surface area contributed by atoms with Crippen LogP contribution in [0.25, 0.3) is 0 Å². The summed E-state index contributed by atoms with van der Waals surface area (Å²) in [5.41, 5.74) is 5.47. The number of nitrogens with one attached hydrogen (secondary N) is 2. The quantitative estimate of drug-likeness (QED) is 0.715. The summed E-state index contributed by atoms with van der Waals surface area (Å²) < 4.78 is 18.6. The molecule has 6 nitrogen and oxygen atoms in total. The number of halogens is 1. The zero-order valence-corrected chi connectivity index (χ0v) is 12.0. The number of anilines is 1. The van der Waals surface area contributed by atoms with E-state index in [-0.39, 0.29) is 12.4 Å². The number of carbonyl (C=O) groups excluding carboxylic acids is 1. The molecule has 1 rings (SSSR count). The molecule has 112 valence electrons. The van der Waals surface area contributed by atoms with Gasteiger partial charge in [-0.2, -0.15) is 0 Å². The zero-order chi connectivity index (χ0) is 15.2. The summed E-state index contributed by atoms with van der Waals surface area (Å²) in [6, 6.07) is 1.33. The van der Waals surface area contributed by atoms with Gasteiger partial charge in [0.15, 0.2) is 11.6 Å². The molecular formula is C13H21FN4O2. The summed E-state index contributed by atoms with van der Waals surface area (Å²) in [5.74, 6) is -0.335. The Morgan fingerprint density at radius 1 is 1.45 bits per heavy atom. The van der Waals surface area contributed by atoms with Gasteiger partial charge in [0.05, 0.1) is 0 Å². The number of ether oxygens (including phenoxy) is 1. The number of pyridine rings is 1. The maximum absolute atomic E-state index is 13.6. The van der Waals surface area contributed by atoms with Gasteiger partial charge in [0.2, 0.25) is 0 Å². The molecule has 0 aliphatic rings. The van der Waals surface area contributed by atoms with E-state index >= 15 is 0 Å². The molecule has 0 aliphatic carbocycles. The smallest absolute Gasteiger partial charge is 0.407 e. The molecule has 0 saturated heterocycles. The third-order valence-corrected chi connectivity index (χ3v) is 2.22. The molecule has 0 radical (unpaired) electrons. The van der Waals surface area contributed by atoms with Crippen LogP contribution in [0.4, 0.5) is 15.0 Å². The number of hydrogen-bond acceptors (Lipinski definition) is 5. The largest absolute Gasteiger partial charge is 0.444 e. The summed E-state index contributed by atoms with van der Waals surface area (Å²) in [7, 11) is 0. The molecule has 0 aliphatic heterocycles. The van der Waals surface area contributed by atoms with E-state index in [1.165, 1.54) is 12.3 Å². The van der Waals surface area contributed by atoms with E-state index in [0.29, 0.717) is 18.7 Å². The lowest BCUT2D eigenvalue weighted by atomic mass is 10.2. The number of nitrogens with two attached hydrogens (primary N) is 1. The van der Waals surface area contributed by atoms with E-state index in [2.05, 4.69) is 15.6 Å². The lowest BCUT2D eigenvalue weighted by Crippen LogP contribution is -2.35. The Bertz CT molecular complexity index is 460. The minimum absolute atomic E-state index is 0.133. The van der Waals surface area contributed by atoms with Crippen LogP contribution in [0.15, 0.2) is 12.3 Å². The number of alkyl carbamates (subject to hydrolysis) is 1. The highest BCUT2D eigenvalue weighted by Crippen LogP contribution is 2.11. The highest BCUT2D eigenvalue weighted by atomic mass is 19.1. The van der Waals surface area contributed by atoms with E-state index in [1.807, 2.05) is 0 Å². The molecule has 0 bridgehead atoms. The molecular weight excluding hydrogens is 263 g/mol. The van der Waals surface area contributed by atoms with Crippen molar-refractivity contribution in [3.8, 4) is 0 Å². The van der Waals surface area contributed by atoms with Gasteiger partial charge in [-0.3, -0.25) is 0 Å². The zero-order valence-electron chi connectivity index (χ0n) is 12.0. The summed E-state index contributed by atoms with van der Waals surface area (Å²) in [4.78, 5) is 15.3. The van der Waals surface area contributed by atoms with Crippen LogP contribution in [0.2, 0.25) is 0 Å². The van der Waals surface area contributed by atoms with Crippen LogP contribution in [0.5, 0.6) is 0 Å². The predicted octanol–water partition coefficient (Wildman–Crippen LogP) is 1.62. The van der Waals surface area contributed by atoms with Gasteiger partial charge in [0.25, 0.3) is 0 Å². The van der Waals surface area contributed by atoms with Gasteiger partial charge in [0.1, 0.15) is 5.60 Å². The van der Waals surface area contributed by atoms with Crippen molar-refractivity contribution in [3.05, 3.63) is 23.6 Å². The molecule has 0 spiro atoms. The number of nitrogens with zero attached hydrogens (tertiary/aromatic N) is 1. The van der Waals surface area contributed by atoms with E-state index in [1.54, 1.807) is 20.8 Å². The van der Waals surface area contributed by atoms with Crippen LogP contribution in [0, 0.1) is 5.82 Å². The maximum atomic E-state index is 13.6. The minimum Gasteiger partial charge on any atom is -0.444 e. The monoisotopic (exact) mass is 284 g/mol. The molecule has 0 fully saturated rings. The summed E-state index contributed by atoms with van der Waals surface area (Å²) >= 11 is 0. The molecule has 1 amide bonds. The first kappa shape index (κ1) is 16.2. The topological polar surface area (TPSA) is 89.3 Å². The van der Waals surface area contributed by atoms with E-state index < -0.39 is 17.5 Å². The van der Waals surface area contributed by atoms with Crippen LogP contribution in [-0.2, 0) is 11.3 Å². The highest BCUT2D eigenvalue weighted by molar-refractivity contribution is 5.67. The van der Waals surface area contributed by atoms with Crippen molar-refractivity contribution in [3.63, 3.8) is 0 Å². The van der Waals surface area contributed by atoms with Crippen LogP contribution >= 0.6 is 0 Å². The van der Waals surface area contributed by atoms with Gasteiger partial charge < -0.3 is 21.1 Å². The molecule has 0 atom stereocenters. The van der Waals surface area contributed by atoms with Crippen molar-refractivity contribution in [2.45, 2.75) is 32.9 Å². The molecule has 1 heterocycles. The van der Waals surface area contributed by atoms with Crippen molar-refractivity contribution in [1.29, 1.82) is 0 Å². The fourth-order valence-electron chi connectivity index (χ4n) is 1.38. The Balaban J connectivity index is 2.33. The van der Waals surface area contributed by atoms with Gasteiger partial charge in [-0.05, 0) is 32.4 Å². The van der Waals surface area contributed by atoms with Gasteiger partial charge >= 0.3 is 6.09 Å². The second-order valence-electron chi connectivity index (χ2n) is 5.23. The van der Waals surface area contributed by atoms with E-state index in [9.17, 15) is 9.18 Å². The third-order valence-electron chi connectivity index (χ3n) is 2.22. The summed E-state index contributed by atoms with van der Waals surface area (Å²) in [5, 5.41) is 5.34. The van der Waals surface area contributed by atoms with Crippen molar-refractivity contribution in [1.82, 2.24) is 10.3 Å². The van der Waals surface area contributed by atoms with E-state index in [4.69, 9.17) is 10.5 Å². The number of carbonyl (C=O) groups is 1. The predicted molar refractivity (Wildman–Crippen MR) is 74.8 cm³/mol. The van der Waals surface area contributed by atoms with Gasteiger partial charge in [-0.25, -0.2) is 14.2 Å². The van der Waals surface area contributed by atoms with Gasteiger partial charge in [0, 0.05) is 25.8 Å². The van der Waals surface area contributed by atoms with Crippen LogP contribution in [-0.4, -0.2) is 29.8 Å². The number of rotatable bonds is 5. The third kappa shape index (κ3) is 5.83. The average molecular weight is 284 g/mol. The Morgan fingerprint density at radius 3 is 2.70 bits per heavy atom. The van der Waals surface area contributed by atoms with Gasteiger partial charge in [-0.15, -0.1) is 0 Å². The minimum atomic E-state index is -0.538. The van der Waals surface area contributed by atoms with Gasteiger partial charge in [-0.1, -0.05) is 0 Å². The van der Waals surface area contributed by atoms with E-state index in [0.717, 1.165) is 0 Å². The Kier molecular flexibility index (Phi) is 5.69. The average Bonchev–Trinajstić information content (AvgIpc) is 2.33. The molecule has 0 aromatic carbocycles. The second kappa shape index (κ2) is 7.04. The SMILES string of the molecule is CC(C)(C)OC(=O)NCCNc1ncc(CN)cc1F.